The van der Waals surface area contributed by atoms with Crippen LogP contribution in [0.2, 0.25) is 0 Å². The lowest BCUT2D eigenvalue weighted by molar-refractivity contribution is -0.130. The number of imide groups is 1. The maximum Gasteiger partial charge on any atom is 0.325 e. The molecule has 2 fully saturated rings. The van der Waals surface area contributed by atoms with E-state index in [1.54, 1.807) is 6.92 Å². The van der Waals surface area contributed by atoms with Gasteiger partial charge in [-0.15, -0.1) is 0 Å². The number of hydrogen-bond acceptors (Lipinski definition) is 4. The van der Waals surface area contributed by atoms with E-state index in [9.17, 15) is 9.59 Å². The SMILES string of the molecule is CCNC(=NCCCN1C(=O)NC(C)(CC)C1=O)N1CCN(CC(C)C)CC1. The van der Waals surface area contributed by atoms with Gasteiger partial charge in [0.05, 0.1) is 0 Å². The first-order chi connectivity index (χ1) is 13.3. The Hall–Kier alpha value is -1.83. The van der Waals surface area contributed by atoms with E-state index in [0.29, 0.717) is 31.8 Å². The summed E-state index contributed by atoms with van der Waals surface area (Å²) in [6.07, 6.45) is 1.26. The Balaban J connectivity index is 1.83. The highest BCUT2D eigenvalue weighted by molar-refractivity contribution is 6.06. The van der Waals surface area contributed by atoms with Crippen LogP contribution < -0.4 is 10.6 Å². The molecule has 28 heavy (non-hydrogen) atoms. The summed E-state index contributed by atoms with van der Waals surface area (Å²) in [5.41, 5.74) is -0.759. The highest BCUT2D eigenvalue weighted by Gasteiger charge is 2.45. The minimum absolute atomic E-state index is 0.128. The molecule has 2 rings (SSSR count). The third-order valence-corrected chi connectivity index (χ3v) is 5.48. The molecular formula is C20H38N6O2. The molecule has 2 aliphatic rings. The van der Waals surface area contributed by atoms with Crippen LogP contribution in [0, 0.1) is 5.92 Å². The highest BCUT2D eigenvalue weighted by Crippen LogP contribution is 2.20. The van der Waals surface area contributed by atoms with Crippen LogP contribution in [0.15, 0.2) is 4.99 Å². The van der Waals surface area contributed by atoms with Crippen molar-refractivity contribution >= 4 is 17.9 Å². The topological polar surface area (TPSA) is 80.3 Å². The molecule has 2 N–H and O–H groups in total. The zero-order valence-electron chi connectivity index (χ0n) is 18.3. The monoisotopic (exact) mass is 394 g/mol. The predicted molar refractivity (Wildman–Crippen MR) is 112 cm³/mol. The summed E-state index contributed by atoms with van der Waals surface area (Å²) in [6.45, 7) is 17.3. The molecule has 0 aromatic rings. The van der Waals surface area contributed by atoms with E-state index in [1.165, 1.54) is 4.90 Å². The molecule has 0 saturated carbocycles. The molecule has 1 unspecified atom stereocenters. The van der Waals surface area contributed by atoms with Gasteiger partial charge in [-0.2, -0.15) is 0 Å². The molecule has 2 aliphatic heterocycles. The molecule has 0 aromatic carbocycles. The van der Waals surface area contributed by atoms with Gasteiger partial charge in [-0.3, -0.25) is 19.6 Å². The summed E-state index contributed by atoms with van der Waals surface area (Å²) in [6, 6.07) is -0.286. The van der Waals surface area contributed by atoms with Gasteiger partial charge in [-0.1, -0.05) is 20.8 Å². The fourth-order valence-corrected chi connectivity index (χ4v) is 3.69. The molecule has 0 radical (unpaired) electrons. The maximum atomic E-state index is 12.4. The lowest BCUT2D eigenvalue weighted by atomic mass is 9.99. The van der Waals surface area contributed by atoms with Gasteiger partial charge in [-0.05, 0) is 32.6 Å². The summed E-state index contributed by atoms with van der Waals surface area (Å²) in [5.74, 6) is 1.49. The molecule has 0 aromatic heterocycles. The van der Waals surface area contributed by atoms with E-state index in [1.807, 2.05) is 6.92 Å². The summed E-state index contributed by atoms with van der Waals surface area (Å²) in [4.78, 5) is 35.4. The van der Waals surface area contributed by atoms with Gasteiger partial charge < -0.3 is 15.5 Å². The number of nitrogens with zero attached hydrogens (tertiary/aromatic N) is 4. The number of rotatable bonds is 8. The molecule has 2 saturated heterocycles. The van der Waals surface area contributed by atoms with Crippen molar-refractivity contribution in [2.45, 2.75) is 53.0 Å². The summed E-state index contributed by atoms with van der Waals surface area (Å²) in [5, 5.41) is 6.17. The number of nitrogens with one attached hydrogen (secondary N) is 2. The fraction of sp³-hybridized carbons (Fsp3) is 0.850. The van der Waals surface area contributed by atoms with Crippen LogP contribution >= 0.6 is 0 Å². The molecular weight excluding hydrogens is 356 g/mol. The smallest absolute Gasteiger partial charge is 0.325 e. The molecule has 3 amide bonds. The van der Waals surface area contributed by atoms with Crippen molar-refractivity contribution in [2.75, 3.05) is 52.4 Å². The zero-order valence-corrected chi connectivity index (χ0v) is 18.3. The van der Waals surface area contributed by atoms with E-state index >= 15 is 0 Å². The van der Waals surface area contributed by atoms with E-state index in [0.717, 1.165) is 45.2 Å². The van der Waals surface area contributed by atoms with Crippen LogP contribution in [0.4, 0.5) is 4.79 Å². The van der Waals surface area contributed by atoms with Crippen LogP contribution in [0.1, 0.15) is 47.5 Å². The van der Waals surface area contributed by atoms with E-state index in [2.05, 4.69) is 41.2 Å². The lowest BCUT2D eigenvalue weighted by Crippen LogP contribution is -2.53. The Labute approximate surface area is 169 Å². The minimum atomic E-state index is -0.759. The summed E-state index contributed by atoms with van der Waals surface area (Å²) < 4.78 is 0. The summed E-state index contributed by atoms with van der Waals surface area (Å²) >= 11 is 0. The molecule has 0 aliphatic carbocycles. The van der Waals surface area contributed by atoms with Crippen molar-refractivity contribution < 1.29 is 9.59 Å². The second-order valence-electron chi connectivity index (χ2n) is 8.34. The number of amides is 3. The van der Waals surface area contributed by atoms with E-state index in [4.69, 9.17) is 4.99 Å². The molecule has 8 nitrogen and oxygen atoms in total. The Morgan fingerprint density at radius 1 is 1.21 bits per heavy atom. The van der Waals surface area contributed by atoms with Crippen LogP contribution in [0.5, 0.6) is 0 Å². The highest BCUT2D eigenvalue weighted by atomic mass is 16.2. The zero-order chi connectivity index (χ0) is 20.7. The van der Waals surface area contributed by atoms with Crippen LogP contribution in [0.3, 0.4) is 0 Å². The van der Waals surface area contributed by atoms with Crippen LogP contribution in [0.25, 0.3) is 0 Å². The lowest BCUT2D eigenvalue weighted by Gasteiger charge is -2.37. The van der Waals surface area contributed by atoms with Gasteiger partial charge in [0.2, 0.25) is 0 Å². The molecule has 1 atom stereocenters. The van der Waals surface area contributed by atoms with Crippen molar-refractivity contribution in [3.63, 3.8) is 0 Å². The molecule has 0 bridgehead atoms. The Morgan fingerprint density at radius 3 is 2.43 bits per heavy atom. The van der Waals surface area contributed by atoms with Gasteiger partial charge in [0.15, 0.2) is 5.96 Å². The number of urea groups is 1. The Morgan fingerprint density at radius 2 is 1.89 bits per heavy atom. The van der Waals surface area contributed by atoms with Crippen molar-refractivity contribution in [1.82, 2.24) is 25.3 Å². The van der Waals surface area contributed by atoms with Crippen molar-refractivity contribution in [1.29, 1.82) is 0 Å². The molecule has 2 heterocycles. The van der Waals surface area contributed by atoms with Gasteiger partial charge in [0.25, 0.3) is 5.91 Å². The van der Waals surface area contributed by atoms with Crippen LogP contribution in [-0.4, -0.2) is 90.5 Å². The van der Waals surface area contributed by atoms with Crippen LogP contribution in [-0.2, 0) is 4.79 Å². The maximum absolute atomic E-state index is 12.4. The summed E-state index contributed by atoms with van der Waals surface area (Å²) in [7, 11) is 0. The number of hydrogen-bond donors (Lipinski definition) is 2. The number of carbonyl (C=O) groups is 2. The Kier molecular flexibility index (Phi) is 8.10. The van der Waals surface area contributed by atoms with Gasteiger partial charge in [0.1, 0.15) is 5.54 Å². The number of carbonyl (C=O) groups excluding carboxylic acids is 2. The standard InChI is InChI=1S/C20H38N6O2/c1-6-20(5)17(27)26(19(28)23-20)10-8-9-22-18(21-7-2)25-13-11-24(12-14-25)15-16(3)4/h16H,6-15H2,1-5H3,(H,21,22)(H,23,28). The Bertz CT molecular complexity index is 571. The van der Waals surface area contributed by atoms with Gasteiger partial charge in [0, 0.05) is 52.4 Å². The van der Waals surface area contributed by atoms with Crippen molar-refractivity contribution in [2.24, 2.45) is 10.9 Å². The fourth-order valence-electron chi connectivity index (χ4n) is 3.69. The normalized spacial score (nSPS) is 24.3. The number of piperazine rings is 1. The first-order valence-electron chi connectivity index (χ1n) is 10.7. The van der Waals surface area contributed by atoms with E-state index < -0.39 is 5.54 Å². The largest absolute Gasteiger partial charge is 0.357 e. The second kappa shape index (κ2) is 10.1. The number of guanidine groups is 1. The average Bonchev–Trinajstić information content (AvgIpc) is 2.87. The predicted octanol–water partition coefficient (Wildman–Crippen LogP) is 1.34. The number of aliphatic imine (C=N–C) groups is 1. The average molecular weight is 395 g/mol. The van der Waals surface area contributed by atoms with Crippen molar-refractivity contribution in [3.8, 4) is 0 Å². The third-order valence-electron chi connectivity index (χ3n) is 5.48. The minimum Gasteiger partial charge on any atom is -0.357 e. The quantitative estimate of drug-likeness (QED) is 0.281. The van der Waals surface area contributed by atoms with Gasteiger partial charge >= 0.3 is 6.03 Å². The first-order valence-corrected chi connectivity index (χ1v) is 10.7. The van der Waals surface area contributed by atoms with Gasteiger partial charge in [-0.25, -0.2) is 4.79 Å². The third kappa shape index (κ3) is 5.59. The van der Waals surface area contributed by atoms with Crippen molar-refractivity contribution in [3.05, 3.63) is 0 Å². The molecule has 160 valence electrons. The molecule has 8 heteroatoms. The van der Waals surface area contributed by atoms with E-state index in [-0.39, 0.29) is 11.9 Å². The second-order valence-corrected chi connectivity index (χ2v) is 8.34. The molecule has 0 spiro atoms. The first kappa shape index (κ1) is 22.5.